The van der Waals surface area contributed by atoms with Crippen molar-refractivity contribution in [2.75, 3.05) is 0 Å². The molecule has 4 nitrogen and oxygen atoms in total. The molecule has 0 aliphatic heterocycles. The lowest BCUT2D eigenvalue weighted by Gasteiger charge is -2.07. The molecule has 0 bridgehead atoms. The minimum atomic E-state index is -2.92. The predicted octanol–water partition coefficient (Wildman–Crippen LogP) is 2.58. The van der Waals surface area contributed by atoms with Crippen molar-refractivity contribution >= 4 is 11.8 Å². The molecule has 0 saturated heterocycles. The van der Waals surface area contributed by atoms with E-state index in [0.717, 1.165) is 0 Å². The number of ether oxygens (including phenoxy) is 1. The van der Waals surface area contributed by atoms with E-state index in [0.29, 0.717) is 0 Å². The standard InChI is InChI=1S/C12H12F2O4/c1-7(11(16)17)6-10(15)8-2-4-9(5-3-8)18-12(13)14/h2-5,7,12H,6H2,1H3,(H,16,17). The average Bonchev–Trinajstić information content (AvgIpc) is 2.28. The highest BCUT2D eigenvalue weighted by Crippen LogP contribution is 2.17. The second-order valence-electron chi connectivity index (χ2n) is 3.77. The van der Waals surface area contributed by atoms with Crippen molar-refractivity contribution < 1.29 is 28.2 Å². The summed E-state index contributed by atoms with van der Waals surface area (Å²) in [6.45, 7) is -1.49. The number of ketones is 1. The van der Waals surface area contributed by atoms with Gasteiger partial charge in [0.1, 0.15) is 5.75 Å². The zero-order valence-electron chi connectivity index (χ0n) is 9.60. The molecule has 98 valence electrons. The summed E-state index contributed by atoms with van der Waals surface area (Å²) < 4.78 is 27.9. The van der Waals surface area contributed by atoms with E-state index in [2.05, 4.69) is 4.74 Å². The number of benzene rings is 1. The molecule has 1 rings (SSSR count). The van der Waals surface area contributed by atoms with E-state index in [-0.39, 0.29) is 23.5 Å². The molecule has 0 saturated carbocycles. The number of alkyl halides is 2. The molecule has 1 unspecified atom stereocenters. The first-order valence-electron chi connectivity index (χ1n) is 5.21. The molecule has 18 heavy (non-hydrogen) atoms. The zero-order chi connectivity index (χ0) is 13.7. The largest absolute Gasteiger partial charge is 0.481 e. The number of hydrogen-bond donors (Lipinski definition) is 1. The Kier molecular flexibility index (Phi) is 4.76. The van der Waals surface area contributed by atoms with Crippen LogP contribution in [0, 0.1) is 5.92 Å². The molecule has 0 aliphatic carbocycles. The Balaban J connectivity index is 2.67. The fourth-order valence-corrected chi connectivity index (χ4v) is 1.31. The van der Waals surface area contributed by atoms with Crippen LogP contribution in [0.2, 0.25) is 0 Å². The number of carboxylic acids is 1. The van der Waals surface area contributed by atoms with Gasteiger partial charge in [-0.1, -0.05) is 6.92 Å². The van der Waals surface area contributed by atoms with Crippen molar-refractivity contribution in [2.24, 2.45) is 5.92 Å². The Labute approximate surface area is 102 Å². The van der Waals surface area contributed by atoms with Gasteiger partial charge in [0, 0.05) is 12.0 Å². The monoisotopic (exact) mass is 258 g/mol. The van der Waals surface area contributed by atoms with Gasteiger partial charge in [-0.25, -0.2) is 0 Å². The summed E-state index contributed by atoms with van der Waals surface area (Å²) in [5.41, 5.74) is 0.268. The van der Waals surface area contributed by atoms with Crippen LogP contribution in [-0.2, 0) is 4.79 Å². The van der Waals surface area contributed by atoms with Gasteiger partial charge in [0.15, 0.2) is 5.78 Å². The molecule has 1 aromatic rings. The number of carbonyl (C=O) groups excluding carboxylic acids is 1. The molecule has 6 heteroatoms. The molecular formula is C12H12F2O4. The Morgan fingerprint density at radius 2 is 1.83 bits per heavy atom. The minimum Gasteiger partial charge on any atom is -0.481 e. The first kappa shape index (κ1) is 14.1. The molecular weight excluding hydrogens is 246 g/mol. The van der Waals surface area contributed by atoms with Crippen LogP contribution in [0.25, 0.3) is 0 Å². The lowest BCUT2D eigenvalue weighted by atomic mass is 10.00. The average molecular weight is 258 g/mol. The van der Waals surface area contributed by atoms with Gasteiger partial charge in [0.2, 0.25) is 0 Å². The maximum absolute atomic E-state index is 11.9. The SMILES string of the molecule is CC(CC(=O)c1ccc(OC(F)F)cc1)C(=O)O. The molecule has 0 aliphatic rings. The predicted molar refractivity (Wildman–Crippen MR) is 58.8 cm³/mol. The number of Topliss-reactive ketones (excluding diaryl/α,β-unsaturated/α-hetero) is 1. The van der Waals surface area contributed by atoms with Crippen molar-refractivity contribution in [3.63, 3.8) is 0 Å². The summed E-state index contributed by atoms with van der Waals surface area (Å²) in [4.78, 5) is 22.2. The Morgan fingerprint density at radius 1 is 1.28 bits per heavy atom. The molecule has 0 radical (unpaired) electrons. The van der Waals surface area contributed by atoms with Gasteiger partial charge in [0.25, 0.3) is 0 Å². The summed E-state index contributed by atoms with van der Waals surface area (Å²) in [6, 6.07) is 5.14. The van der Waals surface area contributed by atoms with Gasteiger partial charge in [-0.3, -0.25) is 9.59 Å². The van der Waals surface area contributed by atoms with Crippen LogP contribution in [0.5, 0.6) is 5.75 Å². The van der Waals surface area contributed by atoms with Gasteiger partial charge < -0.3 is 9.84 Å². The van der Waals surface area contributed by atoms with Crippen molar-refractivity contribution in [3.8, 4) is 5.75 Å². The third-order valence-corrected chi connectivity index (χ3v) is 2.31. The summed E-state index contributed by atoms with van der Waals surface area (Å²) in [7, 11) is 0. The van der Waals surface area contributed by atoms with Gasteiger partial charge in [-0.2, -0.15) is 8.78 Å². The van der Waals surface area contributed by atoms with Gasteiger partial charge in [-0.15, -0.1) is 0 Å². The van der Waals surface area contributed by atoms with Crippen LogP contribution in [0.4, 0.5) is 8.78 Å². The molecule has 1 N–H and O–H groups in total. The first-order chi connectivity index (χ1) is 8.40. The number of carbonyl (C=O) groups is 2. The maximum atomic E-state index is 11.9. The number of halogens is 2. The van der Waals surface area contributed by atoms with Gasteiger partial charge >= 0.3 is 12.6 Å². The summed E-state index contributed by atoms with van der Waals surface area (Å²) >= 11 is 0. The Morgan fingerprint density at radius 3 is 2.28 bits per heavy atom. The number of hydrogen-bond acceptors (Lipinski definition) is 3. The lowest BCUT2D eigenvalue weighted by Crippen LogP contribution is -2.14. The van der Waals surface area contributed by atoms with Crippen LogP contribution in [0.3, 0.4) is 0 Å². The van der Waals surface area contributed by atoms with Crippen LogP contribution in [-0.4, -0.2) is 23.5 Å². The van der Waals surface area contributed by atoms with Crippen molar-refractivity contribution in [3.05, 3.63) is 29.8 Å². The van der Waals surface area contributed by atoms with Crippen molar-refractivity contribution in [2.45, 2.75) is 20.0 Å². The topological polar surface area (TPSA) is 63.6 Å². The molecule has 1 aromatic carbocycles. The van der Waals surface area contributed by atoms with E-state index in [1.165, 1.54) is 31.2 Å². The van der Waals surface area contributed by atoms with E-state index >= 15 is 0 Å². The van der Waals surface area contributed by atoms with Gasteiger partial charge in [0.05, 0.1) is 5.92 Å². The fraction of sp³-hybridized carbons (Fsp3) is 0.333. The number of carboxylic acid groups (broad SMARTS) is 1. The highest BCUT2D eigenvalue weighted by molar-refractivity contribution is 5.97. The van der Waals surface area contributed by atoms with E-state index < -0.39 is 18.5 Å². The summed E-state index contributed by atoms with van der Waals surface area (Å²) in [5.74, 6) is -2.24. The van der Waals surface area contributed by atoms with E-state index in [9.17, 15) is 18.4 Å². The number of rotatable bonds is 6. The van der Waals surface area contributed by atoms with Crippen molar-refractivity contribution in [1.82, 2.24) is 0 Å². The quantitative estimate of drug-likeness (QED) is 0.796. The minimum absolute atomic E-state index is 0.0483. The Hall–Kier alpha value is -1.98. The molecule has 1 atom stereocenters. The Bertz CT molecular complexity index is 428. The molecule has 0 spiro atoms. The summed E-state index contributed by atoms with van der Waals surface area (Å²) in [5, 5.41) is 8.67. The third kappa shape index (κ3) is 4.12. The fourth-order valence-electron chi connectivity index (χ4n) is 1.31. The summed E-state index contributed by atoms with van der Waals surface area (Å²) in [6.07, 6.45) is -0.135. The zero-order valence-corrected chi connectivity index (χ0v) is 9.60. The highest BCUT2D eigenvalue weighted by atomic mass is 19.3. The third-order valence-electron chi connectivity index (χ3n) is 2.31. The normalized spacial score (nSPS) is 12.2. The molecule has 0 heterocycles. The first-order valence-corrected chi connectivity index (χ1v) is 5.21. The molecule has 0 aromatic heterocycles. The van der Waals surface area contributed by atoms with E-state index in [1.54, 1.807) is 0 Å². The molecule has 0 fully saturated rings. The van der Waals surface area contributed by atoms with E-state index in [1.807, 2.05) is 0 Å². The van der Waals surface area contributed by atoms with Crippen LogP contribution < -0.4 is 4.74 Å². The molecule has 0 amide bonds. The lowest BCUT2D eigenvalue weighted by molar-refractivity contribution is -0.141. The second kappa shape index (κ2) is 6.09. The number of aliphatic carboxylic acids is 1. The highest BCUT2D eigenvalue weighted by Gasteiger charge is 2.17. The second-order valence-corrected chi connectivity index (χ2v) is 3.77. The van der Waals surface area contributed by atoms with Gasteiger partial charge in [-0.05, 0) is 24.3 Å². The van der Waals surface area contributed by atoms with Crippen LogP contribution >= 0.6 is 0 Å². The maximum Gasteiger partial charge on any atom is 0.387 e. The van der Waals surface area contributed by atoms with E-state index in [4.69, 9.17) is 5.11 Å². The van der Waals surface area contributed by atoms with Crippen molar-refractivity contribution in [1.29, 1.82) is 0 Å². The smallest absolute Gasteiger partial charge is 0.387 e. The van der Waals surface area contributed by atoms with Crippen LogP contribution in [0.15, 0.2) is 24.3 Å². The van der Waals surface area contributed by atoms with Crippen LogP contribution in [0.1, 0.15) is 23.7 Å².